The fourth-order valence-electron chi connectivity index (χ4n) is 2.45. The molecule has 0 aromatic carbocycles. The molecule has 104 valence electrons. The highest BCUT2D eigenvalue weighted by molar-refractivity contribution is 7.80. The van der Waals surface area contributed by atoms with E-state index < -0.39 is 0 Å². The molecule has 0 amide bonds. The van der Waals surface area contributed by atoms with Crippen molar-refractivity contribution in [3.63, 3.8) is 0 Å². The highest BCUT2D eigenvalue weighted by Crippen LogP contribution is 2.15. The summed E-state index contributed by atoms with van der Waals surface area (Å²) < 4.78 is 0. The Morgan fingerprint density at radius 3 is 3.05 bits per heavy atom. The molecule has 0 radical (unpaired) electrons. The quantitative estimate of drug-likeness (QED) is 0.807. The highest BCUT2D eigenvalue weighted by atomic mass is 32.1. The van der Waals surface area contributed by atoms with E-state index >= 15 is 0 Å². The smallest absolute Gasteiger partial charge is 0.223 e. The Hall–Kier alpha value is -1.27. The minimum atomic E-state index is 0.311. The largest absolute Gasteiger partial charge is 0.388 e. The molecule has 3 N–H and O–H groups in total. The molecule has 2 rings (SSSR count). The van der Waals surface area contributed by atoms with E-state index in [9.17, 15) is 0 Å². The molecule has 0 aliphatic carbocycles. The predicted octanol–water partition coefficient (Wildman–Crippen LogP) is 1.17. The molecule has 1 saturated heterocycles. The number of nitrogens with zero attached hydrogens (tertiary/aromatic N) is 3. The summed E-state index contributed by atoms with van der Waals surface area (Å²) in [6.45, 7) is 5.14. The Bertz CT molecular complexity index is 462. The summed E-state index contributed by atoms with van der Waals surface area (Å²) in [5.74, 6) is 1.27. The standard InChI is InChI=1S/C13H21N5S/c1-9-6-11(12(14)19)17-13(16-9)15-7-10-4-3-5-18(2)8-10/h6,10H,3-5,7-8H2,1-2H3,(H2,14,19)(H,15,16,17). The third-order valence-electron chi connectivity index (χ3n) is 3.38. The summed E-state index contributed by atoms with van der Waals surface area (Å²) in [6, 6.07) is 1.81. The molecule has 1 aromatic rings. The van der Waals surface area contributed by atoms with Crippen LogP contribution in [-0.4, -0.2) is 46.5 Å². The summed E-state index contributed by atoms with van der Waals surface area (Å²) in [4.78, 5) is 11.4. The maximum Gasteiger partial charge on any atom is 0.223 e. The van der Waals surface area contributed by atoms with Gasteiger partial charge in [0.05, 0.1) is 0 Å². The van der Waals surface area contributed by atoms with Crippen molar-refractivity contribution >= 4 is 23.2 Å². The van der Waals surface area contributed by atoms with Crippen LogP contribution in [0.4, 0.5) is 5.95 Å². The number of nitrogens with one attached hydrogen (secondary N) is 1. The zero-order chi connectivity index (χ0) is 13.8. The number of nitrogens with two attached hydrogens (primary N) is 1. The zero-order valence-corrected chi connectivity index (χ0v) is 12.3. The zero-order valence-electron chi connectivity index (χ0n) is 11.5. The molecule has 1 unspecified atom stereocenters. The normalized spacial score (nSPS) is 20.2. The second-order valence-corrected chi connectivity index (χ2v) is 5.67. The minimum absolute atomic E-state index is 0.311. The van der Waals surface area contributed by atoms with Crippen molar-refractivity contribution in [2.45, 2.75) is 19.8 Å². The predicted molar refractivity (Wildman–Crippen MR) is 81.4 cm³/mol. The van der Waals surface area contributed by atoms with Crippen LogP contribution < -0.4 is 11.1 Å². The molecule has 6 heteroatoms. The van der Waals surface area contributed by atoms with Gasteiger partial charge in [-0.2, -0.15) is 0 Å². The monoisotopic (exact) mass is 279 g/mol. The van der Waals surface area contributed by atoms with Gasteiger partial charge in [-0.3, -0.25) is 0 Å². The Balaban J connectivity index is 1.97. The van der Waals surface area contributed by atoms with Crippen LogP contribution in [-0.2, 0) is 0 Å². The molecule has 0 spiro atoms. The Kier molecular flexibility index (Phi) is 4.66. The summed E-state index contributed by atoms with van der Waals surface area (Å²) >= 11 is 4.96. The fourth-order valence-corrected chi connectivity index (χ4v) is 2.55. The second kappa shape index (κ2) is 6.25. The molecule has 1 atom stereocenters. The molecule has 1 fully saturated rings. The molecule has 0 bridgehead atoms. The van der Waals surface area contributed by atoms with Crippen LogP contribution in [0.15, 0.2) is 6.07 Å². The number of piperidine rings is 1. The van der Waals surface area contributed by atoms with Gasteiger partial charge < -0.3 is 16.0 Å². The molecular weight excluding hydrogens is 258 g/mol. The number of hydrogen-bond donors (Lipinski definition) is 2. The lowest BCUT2D eigenvalue weighted by atomic mass is 9.99. The molecule has 19 heavy (non-hydrogen) atoms. The lowest BCUT2D eigenvalue weighted by molar-refractivity contribution is 0.217. The number of aromatic nitrogens is 2. The van der Waals surface area contributed by atoms with Crippen molar-refractivity contribution < 1.29 is 0 Å². The topological polar surface area (TPSA) is 67.1 Å². The number of hydrogen-bond acceptors (Lipinski definition) is 5. The van der Waals surface area contributed by atoms with Crippen LogP contribution in [0.3, 0.4) is 0 Å². The number of rotatable bonds is 4. The van der Waals surface area contributed by atoms with Gasteiger partial charge >= 0.3 is 0 Å². The first kappa shape index (κ1) is 14.1. The maximum absolute atomic E-state index is 5.62. The summed E-state index contributed by atoms with van der Waals surface area (Å²) in [7, 11) is 2.17. The maximum atomic E-state index is 5.62. The average Bonchev–Trinajstić information content (AvgIpc) is 2.36. The second-order valence-electron chi connectivity index (χ2n) is 5.23. The van der Waals surface area contributed by atoms with Crippen molar-refractivity contribution in [1.29, 1.82) is 0 Å². The molecule has 1 aromatic heterocycles. The lowest BCUT2D eigenvalue weighted by Crippen LogP contribution is -2.35. The van der Waals surface area contributed by atoms with Gasteiger partial charge in [-0.15, -0.1) is 0 Å². The molecule has 2 heterocycles. The first-order chi connectivity index (χ1) is 9.04. The first-order valence-electron chi connectivity index (χ1n) is 6.62. The Labute approximate surface area is 119 Å². The van der Waals surface area contributed by atoms with Crippen molar-refractivity contribution in [1.82, 2.24) is 14.9 Å². The Morgan fingerprint density at radius 1 is 1.58 bits per heavy atom. The summed E-state index contributed by atoms with van der Waals surface area (Å²) in [6.07, 6.45) is 2.51. The van der Waals surface area contributed by atoms with Gasteiger partial charge in [-0.05, 0) is 45.3 Å². The number of aryl methyl sites for hydroxylation is 1. The summed E-state index contributed by atoms with van der Waals surface area (Å²) in [5, 5.41) is 3.31. The van der Waals surface area contributed by atoms with E-state index in [0.717, 1.165) is 18.8 Å². The summed E-state index contributed by atoms with van der Waals surface area (Å²) in [5.41, 5.74) is 7.12. The van der Waals surface area contributed by atoms with Gasteiger partial charge in [0.25, 0.3) is 0 Å². The van der Waals surface area contributed by atoms with Gasteiger partial charge in [-0.25, -0.2) is 9.97 Å². The van der Waals surface area contributed by atoms with Crippen LogP contribution in [0.1, 0.15) is 24.2 Å². The Morgan fingerprint density at radius 2 is 2.37 bits per heavy atom. The van der Waals surface area contributed by atoms with Gasteiger partial charge in [0.2, 0.25) is 5.95 Å². The molecule has 0 saturated carbocycles. The third-order valence-corrected chi connectivity index (χ3v) is 3.59. The van der Waals surface area contributed by atoms with Crippen LogP contribution in [0.2, 0.25) is 0 Å². The minimum Gasteiger partial charge on any atom is -0.388 e. The number of thiocarbonyl (C=S) groups is 1. The van der Waals surface area contributed by atoms with Gasteiger partial charge in [-0.1, -0.05) is 12.2 Å². The van der Waals surface area contributed by atoms with E-state index in [1.54, 1.807) is 0 Å². The van der Waals surface area contributed by atoms with E-state index in [0.29, 0.717) is 22.5 Å². The number of likely N-dealkylation sites (tertiary alicyclic amines) is 1. The molecule has 1 aliphatic rings. The SMILES string of the molecule is Cc1cc(C(N)=S)nc(NCC2CCCN(C)C2)n1. The fraction of sp³-hybridized carbons (Fsp3) is 0.615. The highest BCUT2D eigenvalue weighted by Gasteiger charge is 2.17. The van der Waals surface area contributed by atoms with Crippen molar-refractivity contribution in [2.24, 2.45) is 11.7 Å². The van der Waals surface area contributed by atoms with Crippen molar-refractivity contribution in [2.75, 3.05) is 32.0 Å². The van der Waals surface area contributed by atoms with Crippen LogP contribution in [0.5, 0.6) is 0 Å². The van der Waals surface area contributed by atoms with Gasteiger partial charge in [0, 0.05) is 18.8 Å². The van der Waals surface area contributed by atoms with Crippen LogP contribution in [0, 0.1) is 12.8 Å². The third kappa shape index (κ3) is 4.11. The van der Waals surface area contributed by atoms with Gasteiger partial charge in [0.15, 0.2) is 0 Å². The number of anilines is 1. The van der Waals surface area contributed by atoms with E-state index in [4.69, 9.17) is 18.0 Å². The molecule has 5 nitrogen and oxygen atoms in total. The van der Waals surface area contributed by atoms with E-state index in [1.807, 2.05) is 13.0 Å². The van der Waals surface area contributed by atoms with Crippen LogP contribution >= 0.6 is 12.2 Å². The van der Waals surface area contributed by atoms with E-state index in [-0.39, 0.29) is 0 Å². The van der Waals surface area contributed by atoms with Crippen molar-refractivity contribution in [3.8, 4) is 0 Å². The first-order valence-corrected chi connectivity index (χ1v) is 7.03. The van der Waals surface area contributed by atoms with E-state index in [1.165, 1.54) is 19.4 Å². The van der Waals surface area contributed by atoms with Crippen LogP contribution in [0.25, 0.3) is 0 Å². The average molecular weight is 279 g/mol. The molecule has 1 aliphatic heterocycles. The van der Waals surface area contributed by atoms with Gasteiger partial charge in [0.1, 0.15) is 10.7 Å². The lowest BCUT2D eigenvalue weighted by Gasteiger charge is -2.29. The molecular formula is C13H21N5S. The van der Waals surface area contributed by atoms with Crippen molar-refractivity contribution in [3.05, 3.63) is 17.5 Å². The van der Waals surface area contributed by atoms with E-state index in [2.05, 4.69) is 27.2 Å².